The van der Waals surface area contributed by atoms with Crippen molar-refractivity contribution in [2.45, 2.75) is 19.4 Å². The van der Waals surface area contributed by atoms with Gasteiger partial charge in [-0.05, 0) is 30.5 Å². The summed E-state index contributed by atoms with van der Waals surface area (Å²) in [4.78, 5) is 16.0. The van der Waals surface area contributed by atoms with E-state index in [1.165, 1.54) is 0 Å². The normalized spacial score (nSPS) is 15.6. The van der Waals surface area contributed by atoms with Crippen LogP contribution in [0.4, 0.5) is 0 Å². The highest BCUT2D eigenvalue weighted by atomic mass is 16.5. The molecule has 0 radical (unpaired) electrons. The van der Waals surface area contributed by atoms with Crippen LogP contribution in [0.25, 0.3) is 11.1 Å². The number of hydrogen-bond acceptors (Lipinski definition) is 4. The lowest BCUT2D eigenvalue weighted by molar-refractivity contribution is -0.127. The molecule has 6 nitrogen and oxygen atoms in total. The molecule has 2 aromatic heterocycles. The number of amides is 1. The molecule has 3 heterocycles. The second-order valence-corrected chi connectivity index (χ2v) is 5.41. The number of pyridine rings is 1. The molecule has 2 aromatic rings. The van der Waals surface area contributed by atoms with Crippen LogP contribution in [-0.2, 0) is 16.1 Å². The monoisotopic (exact) mass is 300 g/mol. The average Bonchev–Trinajstić information content (AvgIpc) is 3.05. The van der Waals surface area contributed by atoms with E-state index in [0.717, 1.165) is 24.0 Å². The first-order valence-electron chi connectivity index (χ1n) is 7.61. The first-order chi connectivity index (χ1) is 10.8. The molecule has 1 aliphatic heterocycles. The van der Waals surface area contributed by atoms with E-state index in [9.17, 15) is 4.79 Å². The van der Waals surface area contributed by atoms with Gasteiger partial charge in [0.2, 0.25) is 5.91 Å². The number of nitrogens with zero attached hydrogens (tertiary/aromatic N) is 3. The number of carbonyl (C=O) groups excluding carboxylic acids is 1. The van der Waals surface area contributed by atoms with Crippen molar-refractivity contribution in [2.75, 3.05) is 19.8 Å². The van der Waals surface area contributed by atoms with Crippen molar-refractivity contribution in [3.8, 4) is 11.1 Å². The van der Waals surface area contributed by atoms with Gasteiger partial charge >= 0.3 is 0 Å². The first-order valence-corrected chi connectivity index (χ1v) is 7.61. The Morgan fingerprint density at radius 2 is 2.05 bits per heavy atom. The highest BCUT2D eigenvalue weighted by Crippen LogP contribution is 2.17. The van der Waals surface area contributed by atoms with Gasteiger partial charge in [-0.3, -0.25) is 14.5 Å². The van der Waals surface area contributed by atoms with E-state index in [4.69, 9.17) is 4.74 Å². The highest BCUT2D eigenvalue weighted by molar-refractivity contribution is 5.78. The van der Waals surface area contributed by atoms with Crippen molar-refractivity contribution in [3.05, 3.63) is 36.9 Å². The van der Waals surface area contributed by atoms with Gasteiger partial charge in [0.1, 0.15) is 0 Å². The van der Waals surface area contributed by atoms with Gasteiger partial charge in [-0.15, -0.1) is 0 Å². The first kappa shape index (κ1) is 14.7. The van der Waals surface area contributed by atoms with Crippen LogP contribution in [0, 0.1) is 5.92 Å². The molecule has 0 aliphatic carbocycles. The van der Waals surface area contributed by atoms with Crippen molar-refractivity contribution in [1.29, 1.82) is 0 Å². The Kier molecular flexibility index (Phi) is 4.80. The number of hydrogen-bond donors (Lipinski definition) is 1. The van der Waals surface area contributed by atoms with E-state index >= 15 is 0 Å². The van der Waals surface area contributed by atoms with Crippen molar-refractivity contribution in [2.24, 2.45) is 5.92 Å². The lowest BCUT2D eigenvalue weighted by Crippen LogP contribution is -2.35. The number of rotatable bonds is 5. The molecule has 1 saturated heterocycles. The molecule has 6 heteroatoms. The predicted molar refractivity (Wildman–Crippen MR) is 82.0 cm³/mol. The molecule has 0 aromatic carbocycles. The minimum atomic E-state index is 0.0961. The second-order valence-electron chi connectivity index (χ2n) is 5.41. The van der Waals surface area contributed by atoms with Crippen molar-refractivity contribution < 1.29 is 9.53 Å². The molecule has 0 bridgehead atoms. The second kappa shape index (κ2) is 7.17. The fourth-order valence-corrected chi connectivity index (χ4v) is 2.58. The highest BCUT2D eigenvalue weighted by Gasteiger charge is 2.20. The quantitative estimate of drug-likeness (QED) is 0.908. The van der Waals surface area contributed by atoms with Crippen molar-refractivity contribution in [1.82, 2.24) is 20.1 Å². The number of ether oxygens (including phenoxy) is 1. The van der Waals surface area contributed by atoms with Gasteiger partial charge in [0.25, 0.3) is 0 Å². The summed E-state index contributed by atoms with van der Waals surface area (Å²) >= 11 is 0. The maximum Gasteiger partial charge on any atom is 0.223 e. The van der Waals surface area contributed by atoms with Crippen LogP contribution >= 0.6 is 0 Å². The molecule has 0 unspecified atom stereocenters. The van der Waals surface area contributed by atoms with E-state index in [-0.39, 0.29) is 11.8 Å². The fraction of sp³-hybridized carbons (Fsp3) is 0.438. The van der Waals surface area contributed by atoms with Crippen LogP contribution in [0.3, 0.4) is 0 Å². The zero-order valence-electron chi connectivity index (χ0n) is 12.4. The maximum atomic E-state index is 12.0. The Balaban J connectivity index is 1.48. The Morgan fingerprint density at radius 1 is 1.27 bits per heavy atom. The molecule has 0 spiro atoms. The lowest BCUT2D eigenvalue weighted by atomic mass is 9.99. The molecule has 0 saturated carbocycles. The Labute approximate surface area is 129 Å². The smallest absolute Gasteiger partial charge is 0.223 e. The topological polar surface area (TPSA) is 69.0 Å². The van der Waals surface area contributed by atoms with Crippen LogP contribution < -0.4 is 5.32 Å². The number of aromatic nitrogens is 3. The molecule has 1 N–H and O–H groups in total. The average molecular weight is 300 g/mol. The van der Waals surface area contributed by atoms with Gasteiger partial charge in [0.15, 0.2) is 0 Å². The van der Waals surface area contributed by atoms with Gasteiger partial charge in [-0.25, -0.2) is 0 Å². The van der Waals surface area contributed by atoms with E-state index in [2.05, 4.69) is 15.4 Å². The van der Waals surface area contributed by atoms with Crippen LogP contribution in [-0.4, -0.2) is 40.4 Å². The van der Waals surface area contributed by atoms with Crippen molar-refractivity contribution in [3.63, 3.8) is 0 Å². The Morgan fingerprint density at radius 3 is 2.82 bits per heavy atom. The minimum Gasteiger partial charge on any atom is -0.381 e. The molecule has 22 heavy (non-hydrogen) atoms. The zero-order chi connectivity index (χ0) is 15.2. The molecular weight excluding hydrogens is 280 g/mol. The summed E-state index contributed by atoms with van der Waals surface area (Å²) < 4.78 is 7.12. The molecule has 1 fully saturated rings. The molecule has 3 rings (SSSR count). The molecule has 1 aliphatic rings. The van der Waals surface area contributed by atoms with E-state index < -0.39 is 0 Å². The van der Waals surface area contributed by atoms with Gasteiger partial charge in [-0.2, -0.15) is 5.10 Å². The van der Waals surface area contributed by atoms with Gasteiger partial charge < -0.3 is 10.1 Å². The maximum absolute atomic E-state index is 12.0. The number of nitrogens with one attached hydrogen (secondary N) is 1. The standard InChI is InChI=1S/C16H20N4O2/c21-16(14-3-9-22-10-4-14)18-7-8-20-12-15(11-19-20)13-1-5-17-6-2-13/h1-2,5-6,11-12,14H,3-4,7-10H2,(H,18,21). The minimum absolute atomic E-state index is 0.0961. The summed E-state index contributed by atoms with van der Waals surface area (Å²) in [5.41, 5.74) is 2.14. The third-order valence-corrected chi connectivity index (χ3v) is 3.88. The van der Waals surface area contributed by atoms with Crippen LogP contribution in [0.2, 0.25) is 0 Å². The van der Waals surface area contributed by atoms with Gasteiger partial charge in [0, 0.05) is 49.8 Å². The molecule has 116 valence electrons. The lowest BCUT2D eigenvalue weighted by Gasteiger charge is -2.21. The van der Waals surface area contributed by atoms with Crippen LogP contribution in [0.15, 0.2) is 36.9 Å². The Hall–Kier alpha value is -2.21. The van der Waals surface area contributed by atoms with Crippen LogP contribution in [0.1, 0.15) is 12.8 Å². The fourth-order valence-electron chi connectivity index (χ4n) is 2.58. The summed E-state index contributed by atoms with van der Waals surface area (Å²) in [5.74, 6) is 0.226. The van der Waals surface area contributed by atoms with Crippen molar-refractivity contribution >= 4 is 5.91 Å². The summed E-state index contributed by atoms with van der Waals surface area (Å²) in [5, 5.41) is 7.31. The van der Waals surface area contributed by atoms with Gasteiger partial charge in [0.05, 0.1) is 12.7 Å². The Bertz CT molecular complexity index is 606. The predicted octanol–water partition coefficient (Wildman–Crippen LogP) is 1.49. The largest absolute Gasteiger partial charge is 0.381 e. The summed E-state index contributed by atoms with van der Waals surface area (Å²) in [7, 11) is 0. The molecule has 0 atom stereocenters. The zero-order valence-corrected chi connectivity index (χ0v) is 12.4. The number of carbonyl (C=O) groups is 1. The van der Waals surface area contributed by atoms with E-state index in [1.807, 2.05) is 29.2 Å². The third-order valence-electron chi connectivity index (χ3n) is 3.88. The summed E-state index contributed by atoms with van der Waals surface area (Å²) in [6.07, 6.45) is 8.98. The molecular formula is C16H20N4O2. The van der Waals surface area contributed by atoms with Gasteiger partial charge in [-0.1, -0.05) is 0 Å². The van der Waals surface area contributed by atoms with E-state index in [1.54, 1.807) is 12.4 Å². The third kappa shape index (κ3) is 3.71. The van der Waals surface area contributed by atoms with Crippen LogP contribution in [0.5, 0.6) is 0 Å². The molecule has 1 amide bonds. The summed E-state index contributed by atoms with van der Waals surface area (Å²) in [6, 6.07) is 3.91. The van der Waals surface area contributed by atoms with E-state index in [0.29, 0.717) is 26.3 Å². The SMILES string of the molecule is O=C(NCCn1cc(-c2ccncc2)cn1)C1CCOCC1. The summed E-state index contributed by atoms with van der Waals surface area (Å²) in [6.45, 7) is 2.63.